The molecule has 1 aromatic heterocycles. The number of benzene rings is 3. The molecule has 0 saturated carbocycles. The fraction of sp³-hybridized carbons (Fsp3) is 0.0833. The fourth-order valence-electron chi connectivity index (χ4n) is 3.10. The van der Waals surface area contributed by atoms with Gasteiger partial charge in [0.25, 0.3) is 5.91 Å². The average molecular weight is 403 g/mol. The minimum atomic E-state index is -0.611. The van der Waals surface area contributed by atoms with Crippen LogP contribution in [0.1, 0.15) is 17.3 Å². The monoisotopic (exact) mass is 403 g/mol. The Kier molecular flexibility index (Phi) is 5.30. The van der Waals surface area contributed by atoms with Crippen molar-refractivity contribution in [3.05, 3.63) is 94.4 Å². The summed E-state index contributed by atoms with van der Waals surface area (Å²) in [6.07, 6.45) is 0. The number of fused-ring (bicyclic) bond motifs is 1. The number of hydrogen-bond acceptors (Lipinski definition) is 4. The number of amides is 1. The van der Waals surface area contributed by atoms with Crippen LogP contribution < -0.4 is 15.5 Å². The minimum absolute atomic E-state index is 0.0674. The van der Waals surface area contributed by atoms with Gasteiger partial charge in [-0.3, -0.25) is 9.59 Å². The average Bonchev–Trinajstić information content (AvgIpc) is 2.74. The van der Waals surface area contributed by atoms with Crippen LogP contribution in [-0.2, 0) is 0 Å². The van der Waals surface area contributed by atoms with E-state index in [2.05, 4.69) is 5.32 Å². The second kappa shape index (κ2) is 8.21. The van der Waals surface area contributed by atoms with Crippen molar-refractivity contribution in [1.29, 1.82) is 0 Å². The number of anilines is 1. The van der Waals surface area contributed by atoms with Crippen molar-refractivity contribution in [2.75, 3.05) is 11.9 Å². The molecule has 4 aromatic rings. The third-order valence-electron chi connectivity index (χ3n) is 4.56. The molecular formula is C24H18FNO4. The molecule has 0 spiro atoms. The molecule has 1 heterocycles. The lowest BCUT2D eigenvalue weighted by Gasteiger charge is -2.08. The Balaban J connectivity index is 1.67. The summed E-state index contributed by atoms with van der Waals surface area (Å²) in [5.74, 6) is -0.0757. The van der Waals surface area contributed by atoms with Gasteiger partial charge >= 0.3 is 0 Å². The number of ether oxygens (including phenoxy) is 1. The van der Waals surface area contributed by atoms with Crippen LogP contribution in [0.5, 0.6) is 5.75 Å². The standard InChI is InChI=1S/C24H18FNO4/c1-2-29-17-10-7-15(8-11-17)22-14-21(27)19-12-9-16(13-23(19)30-22)26-24(28)18-5-3-4-6-20(18)25/h3-14H,2H2,1H3,(H,26,28). The molecule has 3 aromatic carbocycles. The van der Waals surface area contributed by atoms with E-state index in [1.807, 2.05) is 6.92 Å². The molecule has 0 aliphatic carbocycles. The number of carbonyl (C=O) groups is 1. The molecule has 0 radical (unpaired) electrons. The normalized spacial score (nSPS) is 10.7. The third-order valence-corrected chi connectivity index (χ3v) is 4.56. The molecule has 0 fully saturated rings. The van der Waals surface area contributed by atoms with Crippen LogP contribution in [0.3, 0.4) is 0 Å². The van der Waals surface area contributed by atoms with Gasteiger partial charge in [0.2, 0.25) is 0 Å². The SMILES string of the molecule is CCOc1ccc(-c2cc(=O)c3ccc(NC(=O)c4ccccc4F)cc3o2)cc1. The Morgan fingerprint density at radius 1 is 1.03 bits per heavy atom. The van der Waals surface area contributed by atoms with E-state index in [0.717, 1.165) is 11.3 Å². The summed E-state index contributed by atoms with van der Waals surface area (Å²) in [5, 5.41) is 3.02. The highest BCUT2D eigenvalue weighted by Crippen LogP contribution is 2.26. The first-order chi connectivity index (χ1) is 14.5. The van der Waals surface area contributed by atoms with Gasteiger partial charge in [-0.2, -0.15) is 0 Å². The number of nitrogens with one attached hydrogen (secondary N) is 1. The van der Waals surface area contributed by atoms with E-state index >= 15 is 0 Å². The van der Waals surface area contributed by atoms with Crippen LogP contribution >= 0.6 is 0 Å². The highest BCUT2D eigenvalue weighted by molar-refractivity contribution is 6.05. The highest BCUT2D eigenvalue weighted by Gasteiger charge is 2.13. The quantitative estimate of drug-likeness (QED) is 0.494. The third kappa shape index (κ3) is 3.93. The maximum absolute atomic E-state index is 13.8. The first kappa shape index (κ1) is 19.4. The maximum Gasteiger partial charge on any atom is 0.258 e. The Morgan fingerprint density at radius 3 is 2.53 bits per heavy atom. The maximum atomic E-state index is 13.8. The summed E-state index contributed by atoms with van der Waals surface area (Å²) in [7, 11) is 0. The van der Waals surface area contributed by atoms with Gasteiger partial charge in [0.05, 0.1) is 17.6 Å². The Bertz CT molecular complexity index is 1280. The second-order valence-electron chi connectivity index (χ2n) is 6.58. The highest BCUT2D eigenvalue weighted by atomic mass is 19.1. The van der Waals surface area contributed by atoms with Gasteiger partial charge in [0.15, 0.2) is 5.43 Å². The fourth-order valence-corrected chi connectivity index (χ4v) is 3.10. The first-order valence-electron chi connectivity index (χ1n) is 9.42. The van der Waals surface area contributed by atoms with Crippen molar-refractivity contribution in [3.63, 3.8) is 0 Å². The molecule has 150 valence electrons. The van der Waals surface area contributed by atoms with Crippen LogP contribution in [0, 0.1) is 5.82 Å². The van der Waals surface area contributed by atoms with Crippen LogP contribution in [0.15, 0.2) is 82.0 Å². The van der Waals surface area contributed by atoms with Crippen LogP contribution in [0.2, 0.25) is 0 Å². The molecule has 1 amide bonds. The Morgan fingerprint density at radius 2 is 1.80 bits per heavy atom. The van der Waals surface area contributed by atoms with E-state index in [9.17, 15) is 14.0 Å². The van der Waals surface area contributed by atoms with E-state index in [4.69, 9.17) is 9.15 Å². The molecule has 0 atom stereocenters. The number of halogens is 1. The van der Waals surface area contributed by atoms with E-state index < -0.39 is 11.7 Å². The van der Waals surface area contributed by atoms with Crippen LogP contribution in [0.25, 0.3) is 22.3 Å². The molecule has 0 unspecified atom stereocenters. The lowest BCUT2D eigenvalue weighted by molar-refractivity contribution is 0.102. The van der Waals surface area contributed by atoms with Crippen LogP contribution in [0.4, 0.5) is 10.1 Å². The molecule has 30 heavy (non-hydrogen) atoms. The van der Waals surface area contributed by atoms with Crippen molar-refractivity contribution >= 4 is 22.6 Å². The topological polar surface area (TPSA) is 68.5 Å². The summed E-state index contributed by atoms with van der Waals surface area (Å²) in [5.41, 5.74) is 1.16. The summed E-state index contributed by atoms with van der Waals surface area (Å²) in [4.78, 5) is 24.9. The molecule has 0 bridgehead atoms. The zero-order valence-electron chi connectivity index (χ0n) is 16.1. The van der Waals surface area contributed by atoms with Gasteiger partial charge in [-0.05, 0) is 55.5 Å². The van der Waals surface area contributed by atoms with E-state index in [1.54, 1.807) is 48.5 Å². The Labute approximate surface area is 171 Å². The summed E-state index contributed by atoms with van der Waals surface area (Å²) >= 11 is 0. The molecule has 5 nitrogen and oxygen atoms in total. The van der Waals surface area contributed by atoms with Gasteiger partial charge in [0.1, 0.15) is 22.9 Å². The predicted molar refractivity (Wildman–Crippen MR) is 113 cm³/mol. The van der Waals surface area contributed by atoms with E-state index in [0.29, 0.717) is 29.0 Å². The smallest absolute Gasteiger partial charge is 0.258 e. The molecule has 4 rings (SSSR count). The van der Waals surface area contributed by atoms with E-state index in [1.165, 1.54) is 24.3 Å². The van der Waals surface area contributed by atoms with Gasteiger partial charge in [-0.15, -0.1) is 0 Å². The molecule has 1 N–H and O–H groups in total. The molecule has 6 heteroatoms. The second-order valence-corrected chi connectivity index (χ2v) is 6.58. The largest absolute Gasteiger partial charge is 0.494 e. The van der Waals surface area contributed by atoms with Crippen LogP contribution in [-0.4, -0.2) is 12.5 Å². The molecule has 0 saturated heterocycles. The van der Waals surface area contributed by atoms with Crippen molar-refractivity contribution in [2.24, 2.45) is 0 Å². The zero-order chi connectivity index (χ0) is 21.1. The molecule has 0 aliphatic rings. The summed E-state index contributed by atoms with van der Waals surface area (Å²) in [6, 6.07) is 19.0. The minimum Gasteiger partial charge on any atom is -0.494 e. The number of rotatable bonds is 5. The lowest BCUT2D eigenvalue weighted by Crippen LogP contribution is -2.13. The molecular weight excluding hydrogens is 385 g/mol. The van der Waals surface area contributed by atoms with E-state index in [-0.39, 0.29) is 11.0 Å². The Hall–Kier alpha value is -3.93. The van der Waals surface area contributed by atoms with Gasteiger partial charge < -0.3 is 14.5 Å². The molecule has 0 aliphatic heterocycles. The summed E-state index contributed by atoms with van der Waals surface area (Å²) in [6.45, 7) is 2.46. The van der Waals surface area contributed by atoms with Crippen molar-refractivity contribution < 1.29 is 18.3 Å². The van der Waals surface area contributed by atoms with Gasteiger partial charge in [-0.25, -0.2) is 4.39 Å². The van der Waals surface area contributed by atoms with Gasteiger partial charge in [-0.1, -0.05) is 12.1 Å². The number of hydrogen-bond donors (Lipinski definition) is 1. The summed E-state index contributed by atoms with van der Waals surface area (Å²) < 4.78 is 25.2. The first-order valence-corrected chi connectivity index (χ1v) is 9.42. The van der Waals surface area contributed by atoms with Gasteiger partial charge in [0, 0.05) is 23.4 Å². The zero-order valence-corrected chi connectivity index (χ0v) is 16.1. The van der Waals surface area contributed by atoms with Crippen molar-refractivity contribution in [3.8, 4) is 17.1 Å². The van der Waals surface area contributed by atoms with Crippen molar-refractivity contribution in [2.45, 2.75) is 6.92 Å². The number of carbonyl (C=O) groups excluding carboxylic acids is 1. The van der Waals surface area contributed by atoms with Crippen molar-refractivity contribution in [1.82, 2.24) is 0 Å². The predicted octanol–water partition coefficient (Wildman–Crippen LogP) is 5.25. The lowest BCUT2D eigenvalue weighted by atomic mass is 10.1.